The molecule has 2 aliphatic rings. The van der Waals surface area contributed by atoms with Crippen LogP contribution >= 0.6 is 0 Å². The summed E-state index contributed by atoms with van der Waals surface area (Å²) in [5.41, 5.74) is 0.933. The van der Waals surface area contributed by atoms with Crippen LogP contribution in [0.15, 0.2) is 34.9 Å². The molecule has 6 heteroatoms. The molecule has 1 atom stereocenters. The normalized spacial score (nSPS) is 22.0. The molecule has 1 amide bonds. The van der Waals surface area contributed by atoms with Crippen molar-refractivity contribution in [2.45, 2.75) is 38.5 Å². The Morgan fingerprint density at radius 1 is 1.27 bits per heavy atom. The minimum atomic E-state index is -0.0118. The molecule has 0 aliphatic carbocycles. The van der Waals surface area contributed by atoms with Gasteiger partial charge in [-0.15, -0.1) is 0 Å². The second-order valence-electron chi connectivity index (χ2n) is 7.37. The number of hydrogen-bond acceptors (Lipinski definition) is 5. The summed E-state index contributed by atoms with van der Waals surface area (Å²) >= 11 is 0. The van der Waals surface area contributed by atoms with Crippen molar-refractivity contribution in [3.63, 3.8) is 0 Å². The van der Waals surface area contributed by atoms with Gasteiger partial charge in [-0.3, -0.25) is 4.79 Å². The van der Waals surface area contributed by atoms with E-state index in [1.165, 1.54) is 0 Å². The van der Waals surface area contributed by atoms with E-state index in [1.807, 2.05) is 42.2 Å². The number of nitrogens with zero attached hydrogens (tertiary/aromatic N) is 3. The molecule has 2 saturated heterocycles. The number of carbonyl (C=O) groups excluding carboxylic acids is 1. The molecule has 1 aromatic heterocycles. The lowest BCUT2D eigenvalue weighted by molar-refractivity contribution is -0.130. The van der Waals surface area contributed by atoms with E-state index in [1.54, 1.807) is 0 Å². The first-order valence-corrected chi connectivity index (χ1v) is 9.46. The molecule has 1 aromatic carbocycles. The Morgan fingerprint density at radius 2 is 2.04 bits per heavy atom. The Kier molecular flexibility index (Phi) is 4.76. The number of amides is 1. The van der Waals surface area contributed by atoms with Gasteiger partial charge in [0.1, 0.15) is 0 Å². The average molecular weight is 355 g/mol. The predicted octanol–water partition coefficient (Wildman–Crippen LogP) is 3.26. The van der Waals surface area contributed by atoms with Crippen molar-refractivity contribution in [1.82, 2.24) is 15.0 Å². The Bertz CT molecular complexity index is 753. The summed E-state index contributed by atoms with van der Waals surface area (Å²) in [6.45, 7) is 4.93. The van der Waals surface area contributed by atoms with Crippen LogP contribution < -0.4 is 0 Å². The van der Waals surface area contributed by atoms with Crippen molar-refractivity contribution in [2.75, 3.05) is 26.3 Å². The van der Waals surface area contributed by atoms with Gasteiger partial charge < -0.3 is 14.2 Å². The molecule has 0 saturated carbocycles. The van der Waals surface area contributed by atoms with E-state index in [-0.39, 0.29) is 17.2 Å². The highest BCUT2D eigenvalue weighted by Gasteiger charge is 2.51. The zero-order valence-electron chi connectivity index (χ0n) is 15.2. The summed E-state index contributed by atoms with van der Waals surface area (Å²) in [5.74, 6) is 1.57. The standard InChI is InChI=1S/C20H25N3O3/c1-2-6-17(24)23-13-16(20(14-23)9-11-25-12-10-20)19-21-18(22-26-19)15-7-4-3-5-8-15/h3-5,7-8,16H,2,6,9-14H2,1H3/t16-/m0/s1. The maximum atomic E-state index is 12.5. The van der Waals surface area contributed by atoms with Crippen molar-refractivity contribution in [1.29, 1.82) is 0 Å². The maximum absolute atomic E-state index is 12.5. The van der Waals surface area contributed by atoms with Crippen LogP contribution in [0, 0.1) is 5.41 Å². The highest BCUT2D eigenvalue weighted by Crippen LogP contribution is 2.49. The van der Waals surface area contributed by atoms with E-state index in [9.17, 15) is 4.79 Å². The van der Waals surface area contributed by atoms with Crippen LogP contribution in [0.3, 0.4) is 0 Å². The van der Waals surface area contributed by atoms with Crippen molar-refractivity contribution < 1.29 is 14.1 Å². The van der Waals surface area contributed by atoms with Gasteiger partial charge in [0.25, 0.3) is 0 Å². The van der Waals surface area contributed by atoms with Gasteiger partial charge in [0.2, 0.25) is 17.6 Å². The fourth-order valence-electron chi connectivity index (χ4n) is 4.24. The molecule has 1 spiro atoms. The van der Waals surface area contributed by atoms with Gasteiger partial charge in [0.05, 0.1) is 5.92 Å². The summed E-state index contributed by atoms with van der Waals surface area (Å²) in [6.07, 6.45) is 3.32. The number of rotatable bonds is 4. The van der Waals surface area contributed by atoms with Crippen LogP contribution in [0.25, 0.3) is 11.4 Å². The fraction of sp³-hybridized carbons (Fsp3) is 0.550. The largest absolute Gasteiger partial charge is 0.381 e. The molecule has 2 fully saturated rings. The van der Waals surface area contributed by atoms with E-state index < -0.39 is 0 Å². The van der Waals surface area contributed by atoms with E-state index in [0.29, 0.717) is 24.7 Å². The lowest BCUT2D eigenvalue weighted by Crippen LogP contribution is -2.37. The molecule has 138 valence electrons. The second kappa shape index (κ2) is 7.19. The monoisotopic (exact) mass is 355 g/mol. The Hall–Kier alpha value is -2.21. The van der Waals surface area contributed by atoms with Crippen LogP contribution in [0.5, 0.6) is 0 Å². The zero-order valence-corrected chi connectivity index (χ0v) is 15.2. The number of ether oxygens (including phenoxy) is 1. The first kappa shape index (κ1) is 17.2. The van der Waals surface area contributed by atoms with Gasteiger partial charge in [0, 0.05) is 43.7 Å². The van der Waals surface area contributed by atoms with Gasteiger partial charge in [0.15, 0.2) is 0 Å². The van der Waals surface area contributed by atoms with Crippen LogP contribution in [0.4, 0.5) is 0 Å². The van der Waals surface area contributed by atoms with E-state index in [4.69, 9.17) is 14.2 Å². The molecule has 0 bridgehead atoms. The number of benzene rings is 1. The highest BCUT2D eigenvalue weighted by atomic mass is 16.5. The van der Waals surface area contributed by atoms with Crippen molar-refractivity contribution in [3.8, 4) is 11.4 Å². The molecular formula is C20H25N3O3. The number of carbonyl (C=O) groups is 1. The van der Waals surface area contributed by atoms with Gasteiger partial charge in [-0.2, -0.15) is 4.98 Å². The third-order valence-corrected chi connectivity index (χ3v) is 5.72. The van der Waals surface area contributed by atoms with E-state index in [0.717, 1.165) is 44.6 Å². The molecule has 2 aliphatic heterocycles. The second-order valence-corrected chi connectivity index (χ2v) is 7.37. The molecule has 3 heterocycles. The van der Waals surface area contributed by atoms with Gasteiger partial charge >= 0.3 is 0 Å². The van der Waals surface area contributed by atoms with Crippen LogP contribution in [0.1, 0.15) is 44.4 Å². The van der Waals surface area contributed by atoms with Crippen LogP contribution in [-0.4, -0.2) is 47.3 Å². The molecule has 0 N–H and O–H groups in total. The minimum Gasteiger partial charge on any atom is -0.381 e. The summed E-state index contributed by atoms with van der Waals surface area (Å²) in [7, 11) is 0. The number of likely N-dealkylation sites (tertiary alicyclic amines) is 1. The molecule has 0 radical (unpaired) electrons. The number of aromatic nitrogens is 2. The molecule has 6 nitrogen and oxygen atoms in total. The van der Waals surface area contributed by atoms with Crippen molar-refractivity contribution >= 4 is 5.91 Å². The minimum absolute atomic E-state index is 0.0118. The summed E-state index contributed by atoms with van der Waals surface area (Å²) < 4.78 is 11.3. The summed E-state index contributed by atoms with van der Waals surface area (Å²) in [4.78, 5) is 19.2. The quantitative estimate of drug-likeness (QED) is 0.842. The highest BCUT2D eigenvalue weighted by molar-refractivity contribution is 5.76. The molecule has 2 aromatic rings. The van der Waals surface area contributed by atoms with Crippen molar-refractivity contribution in [2.24, 2.45) is 5.41 Å². The van der Waals surface area contributed by atoms with E-state index >= 15 is 0 Å². The van der Waals surface area contributed by atoms with Gasteiger partial charge in [-0.05, 0) is 19.3 Å². The van der Waals surface area contributed by atoms with Gasteiger partial charge in [-0.1, -0.05) is 42.4 Å². The van der Waals surface area contributed by atoms with E-state index in [2.05, 4.69) is 5.16 Å². The lowest BCUT2D eigenvalue weighted by atomic mass is 9.72. The topological polar surface area (TPSA) is 68.5 Å². The Morgan fingerprint density at radius 3 is 2.77 bits per heavy atom. The third-order valence-electron chi connectivity index (χ3n) is 5.72. The smallest absolute Gasteiger partial charge is 0.232 e. The Labute approximate surface area is 153 Å². The average Bonchev–Trinajstić information content (AvgIpc) is 3.29. The summed E-state index contributed by atoms with van der Waals surface area (Å²) in [6, 6.07) is 9.85. The Balaban J connectivity index is 1.62. The van der Waals surface area contributed by atoms with Gasteiger partial charge in [-0.25, -0.2) is 0 Å². The number of hydrogen-bond donors (Lipinski definition) is 0. The summed E-state index contributed by atoms with van der Waals surface area (Å²) in [5, 5.41) is 4.19. The molecular weight excluding hydrogens is 330 g/mol. The fourth-order valence-corrected chi connectivity index (χ4v) is 4.24. The first-order chi connectivity index (χ1) is 12.7. The SMILES string of the molecule is CCCC(=O)N1C[C@@H](c2nc(-c3ccccc3)no2)C2(CCOCC2)C1. The first-order valence-electron chi connectivity index (χ1n) is 9.46. The molecule has 0 unspecified atom stereocenters. The van der Waals surface area contributed by atoms with Crippen molar-refractivity contribution in [3.05, 3.63) is 36.2 Å². The maximum Gasteiger partial charge on any atom is 0.232 e. The predicted molar refractivity (Wildman–Crippen MR) is 96.4 cm³/mol. The zero-order chi connectivity index (χ0) is 18.0. The van der Waals surface area contributed by atoms with Crippen LogP contribution in [0.2, 0.25) is 0 Å². The van der Waals surface area contributed by atoms with Crippen LogP contribution in [-0.2, 0) is 9.53 Å². The lowest BCUT2D eigenvalue weighted by Gasteiger charge is -2.36. The third kappa shape index (κ3) is 3.14. The molecule has 26 heavy (non-hydrogen) atoms. The molecule has 4 rings (SSSR count).